The molecular formula is C13H17FN4O3. The summed E-state index contributed by atoms with van der Waals surface area (Å²) in [4.78, 5) is 24.3. The molecule has 1 amide bonds. The van der Waals surface area contributed by atoms with Gasteiger partial charge >= 0.3 is 0 Å². The van der Waals surface area contributed by atoms with E-state index in [0.717, 1.165) is 25.5 Å². The summed E-state index contributed by atoms with van der Waals surface area (Å²) in [5.41, 5.74) is 4.29. The lowest BCUT2D eigenvalue weighted by atomic mass is 10.1. The van der Waals surface area contributed by atoms with Gasteiger partial charge in [-0.05, 0) is 32.5 Å². The number of nitrogen functional groups attached to an aromatic ring is 1. The second kappa shape index (κ2) is 6.04. The van der Waals surface area contributed by atoms with E-state index in [0.29, 0.717) is 12.6 Å². The summed E-state index contributed by atoms with van der Waals surface area (Å²) < 4.78 is 13.3. The SMILES string of the molecule is CN1CCCC1CNC(=O)c1cc(N)c(F)cc1[N+](=O)[O-]. The van der Waals surface area contributed by atoms with Crippen LogP contribution in [-0.2, 0) is 0 Å². The van der Waals surface area contributed by atoms with Crippen molar-refractivity contribution in [2.45, 2.75) is 18.9 Å². The Bertz CT molecular complexity index is 579. The first-order chi connectivity index (χ1) is 9.90. The standard InChI is InChI=1S/C13H17FN4O3/c1-17-4-2-3-8(17)7-16-13(19)9-5-11(15)10(14)6-12(9)18(20)21/h5-6,8H,2-4,7,15H2,1H3,(H,16,19). The fourth-order valence-corrected chi connectivity index (χ4v) is 2.46. The summed E-state index contributed by atoms with van der Waals surface area (Å²) in [6.45, 7) is 1.36. The van der Waals surface area contributed by atoms with Crippen molar-refractivity contribution in [1.29, 1.82) is 0 Å². The number of hydrogen-bond acceptors (Lipinski definition) is 5. The highest BCUT2D eigenvalue weighted by atomic mass is 19.1. The van der Waals surface area contributed by atoms with Gasteiger partial charge in [0.05, 0.1) is 16.7 Å². The summed E-state index contributed by atoms with van der Waals surface area (Å²) in [5.74, 6) is -1.53. The van der Waals surface area contributed by atoms with Crippen LogP contribution in [-0.4, -0.2) is 41.9 Å². The van der Waals surface area contributed by atoms with Crippen LogP contribution < -0.4 is 11.1 Å². The highest BCUT2D eigenvalue weighted by molar-refractivity contribution is 5.99. The van der Waals surface area contributed by atoms with Crippen molar-refractivity contribution in [3.63, 3.8) is 0 Å². The number of carbonyl (C=O) groups is 1. The number of amides is 1. The summed E-state index contributed by atoms with van der Waals surface area (Å²) in [7, 11) is 1.96. The molecule has 7 nitrogen and oxygen atoms in total. The Balaban J connectivity index is 2.14. The lowest BCUT2D eigenvalue weighted by Crippen LogP contribution is -2.38. The molecule has 1 saturated heterocycles. The van der Waals surface area contributed by atoms with Crippen molar-refractivity contribution >= 4 is 17.3 Å². The molecule has 21 heavy (non-hydrogen) atoms. The van der Waals surface area contributed by atoms with Gasteiger partial charge in [0.15, 0.2) is 5.82 Å². The zero-order valence-electron chi connectivity index (χ0n) is 11.6. The average molecular weight is 296 g/mol. The molecule has 1 heterocycles. The maximum absolute atomic E-state index is 13.3. The summed E-state index contributed by atoms with van der Waals surface area (Å²) >= 11 is 0. The molecule has 0 saturated carbocycles. The largest absolute Gasteiger partial charge is 0.396 e. The molecule has 8 heteroatoms. The van der Waals surface area contributed by atoms with Gasteiger partial charge in [-0.3, -0.25) is 14.9 Å². The smallest absolute Gasteiger partial charge is 0.285 e. The molecule has 0 spiro atoms. The number of nitro groups is 1. The van der Waals surface area contributed by atoms with Crippen LogP contribution in [0, 0.1) is 15.9 Å². The molecule has 1 aliphatic heterocycles. The van der Waals surface area contributed by atoms with Crippen molar-refractivity contribution in [3.8, 4) is 0 Å². The van der Waals surface area contributed by atoms with E-state index in [1.165, 1.54) is 0 Å². The Morgan fingerprint density at radius 3 is 2.90 bits per heavy atom. The van der Waals surface area contributed by atoms with Gasteiger partial charge in [-0.1, -0.05) is 0 Å². The van der Waals surface area contributed by atoms with Crippen LogP contribution in [0.5, 0.6) is 0 Å². The minimum atomic E-state index is -0.909. The predicted octanol–water partition coefficient (Wildman–Crippen LogP) is 1.14. The quantitative estimate of drug-likeness (QED) is 0.493. The molecule has 0 aromatic heterocycles. The van der Waals surface area contributed by atoms with Gasteiger partial charge in [0, 0.05) is 12.6 Å². The maximum atomic E-state index is 13.3. The zero-order valence-corrected chi connectivity index (χ0v) is 11.6. The molecule has 1 aromatic carbocycles. The second-order valence-corrected chi connectivity index (χ2v) is 5.13. The fraction of sp³-hybridized carbons (Fsp3) is 0.462. The molecule has 1 unspecified atom stereocenters. The summed E-state index contributed by atoms with van der Waals surface area (Å²) in [6.07, 6.45) is 2.02. The minimum Gasteiger partial charge on any atom is -0.396 e. The molecule has 2 rings (SSSR count). The number of hydrogen-bond donors (Lipinski definition) is 2. The van der Waals surface area contributed by atoms with E-state index in [1.807, 2.05) is 7.05 Å². The number of halogens is 1. The number of nitrogens with zero attached hydrogens (tertiary/aromatic N) is 2. The topological polar surface area (TPSA) is 102 Å². The van der Waals surface area contributed by atoms with Crippen LogP contribution in [0.2, 0.25) is 0 Å². The number of likely N-dealkylation sites (N-methyl/N-ethyl adjacent to an activating group) is 1. The Kier molecular flexibility index (Phi) is 4.37. The number of nitrogens with one attached hydrogen (secondary N) is 1. The van der Waals surface area contributed by atoms with Gasteiger partial charge in [0.2, 0.25) is 0 Å². The second-order valence-electron chi connectivity index (χ2n) is 5.13. The Morgan fingerprint density at radius 1 is 1.62 bits per heavy atom. The molecule has 3 N–H and O–H groups in total. The van der Waals surface area contributed by atoms with Crippen LogP contribution in [0.3, 0.4) is 0 Å². The molecule has 1 fully saturated rings. The molecule has 0 aliphatic carbocycles. The molecule has 1 aliphatic rings. The third-order valence-electron chi connectivity index (χ3n) is 3.73. The molecule has 0 radical (unpaired) electrons. The van der Waals surface area contributed by atoms with Gasteiger partial charge < -0.3 is 16.0 Å². The monoisotopic (exact) mass is 296 g/mol. The molecule has 1 aromatic rings. The van der Waals surface area contributed by atoms with Gasteiger partial charge in [-0.15, -0.1) is 0 Å². The number of carbonyl (C=O) groups excluding carboxylic acids is 1. The van der Waals surface area contributed by atoms with Gasteiger partial charge in [0.1, 0.15) is 5.56 Å². The van der Waals surface area contributed by atoms with Crippen molar-refractivity contribution in [1.82, 2.24) is 10.2 Å². The Labute approximate surface area is 121 Å². The van der Waals surface area contributed by atoms with Gasteiger partial charge in [-0.25, -0.2) is 4.39 Å². The number of nitro benzene ring substituents is 1. The van der Waals surface area contributed by atoms with E-state index in [9.17, 15) is 19.3 Å². The van der Waals surface area contributed by atoms with E-state index in [4.69, 9.17) is 5.73 Å². The third kappa shape index (κ3) is 3.27. The van der Waals surface area contributed by atoms with E-state index in [1.54, 1.807) is 0 Å². The first-order valence-corrected chi connectivity index (χ1v) is 6.62. The maximum Gasteiger partial charge on any atom is 0.285 e. The molecule has 0 bridgehead atoms. The van der Waals surface area contributed by atoms with Gasteiger partial charge in [0.25, 0.3) is 11.6 Å². The van der Waals surface area contributed by atoms with Crippen LogP contribution in [0.15, 0.2) is 12.1 Å². The first-order valence-electron chi connectivity index (χ1n) is 6.62. The van der Waals surface area contributed by atoms with Gasteiger partial charge in [-0.2, -0.15) is 0 Å². The predicted molar refractivity (Wildman–Crippen MR) is 75.5 cm³/mol. The Morgan fingerprint density at radius 2 is 2.33 bits per heavy atom. The fourth-order valence-electron chi connectivity index (χ4n) is 2.46. The average Bonchev–Trinajstić information content (AvgIpc) is 2.84. The summed E-state index contributed by atoms with van der Waals surface area (Å²) in [5, 5.41) is 13.6. The van der Waals surface area contributed by atoms with E-state index < -0.39 is 22.3 Å². The first kappa shape index (κ1) is 15.2. The normalized spacial score (nSPS) is 18.7. The zero-order chi connectivity index (χ0) is 15.6. The lowest BCUT2D eigenvalue weighted by molar-refractivity contribution is -0.385. The number of anilines is 1. The number of likely N-dealkylation sites (tertiary alicyclic amines) is 1. The van der Waals surface area contributed by atoms with Crippen molar-refractivity contribution in [2.75, 3.05) is 25.9 Å². The van der Waals surface area contributed by atoms with Crippen LogP contribution in [0.1, 0.15) is 23.2 Å². The molecule has 1 atom stereocenters. The minimum absolute atomic E-state index is 0.214. The third-order valence-corrected chi connectivity index (χ3v) is 3.73. The van der Waals surface area contributed by atoms with E-state index in [-0.39, 0.29) is 17.3 Å². The summed E-state index contributed by atoms with van der Waals surface area (Å²) in [6, 6.07) is 1.89. The lowest BCUT2D eigenvalue weighted by Gasteiger charge is -2.19. The van der Waals surface area contributed by atoms with Crippen molar-refractivity contribution in [3.05, 3.63) is 33.6 Å². The number of nitrogens with two attached hydrogens (primary N) is 1. The molecule has 114 valence electrons. The van der Waals surface area contributed by atoms with Crippen LogP contribution in [0.4, 0.5) is 15.8 Å². The van der Waals surface area contributed by atoms with E-state index in [2.05, 4.69) is 10.2 Å². The van der Waals surface area contributed by atoms with Crippen LogP contribution >= 0.6 is 0 Å². The Hall–Kier alpha value is -2.22. The van der Waals surface area contributed by atoms with Crippen LogP contribution in [0.25, 0.3) is 0 Å². The molecular weight excluding hydrogens is 279 g/mol. The van der Waals surface area contributed by atoms with E-state index >= 15 is 0 Å². The highest BCUT2D eigenvalue weighted by Gasteiger charge is 2.25. The highest BCUT2D eigenvalue weighted by Crippen LogP contribution is 2.24. The number of rotatable bonds is 4. The van der Waals surface area contributed by atoms with Crippen molar-refractivity contribution < 1.29 is 14.1 Å². The number of benzene rings is 1. The van der Waals surface area contributed by atoms with Crippen molar-refractivity contribution in [2.24, 2.45) is 0 Å².